The van der Waals surface area contributed by atoms with Crippen LogP contribution >= 0.6 is 34.8 Å². The first-order chi connectivity index (χ1) is 11.4. The van der Waals surface area contributed by atoms with E-state index in [4.69, 9.17) is 49.4 Å². The molecule has 0 saturated heterocycles. The van der Waals surface area contributed by atoms with E-state index in [-0.39, 0.29) is 0 Å². The van der Waals surface area contributed by atoms with Crippen LogP contribution in [-0.2, 0) is 4.79 Å². The molecule has 0 aromatic heterocycles. The number of ether oxygens (including phenoxy) is 2. The van der Waals surface area contributed by atoms with E-state index in [1.54, 1.807) is 36.4 Å². The number of rotatable bonds is 3. The van der Waals surface area contributed by atoms with Gasteiger partial charge in [0, 0.05) is 24.3 Å². The van der Waals surface area contributed by atoms with Gasteiger partial charge in [0.15, 0.2) is 23.0 Å². The number of hydrogen-bond donors (Lipinski definition) is 1. The fourth-order valence-electron chi connectivity index (χ4n) is 2.04. The van der Waals surface area contributed by atoms with Gasteiger partial charge in [-0.2, -0.15) is 0 Å². The summed E-state index contributed by atoms with van der Waals surface area (Å²) in [5, 5.41) is 9.70. The smallest absolute Gasteiger partial charge is 0.328 e. The van der Waals surface area contributed by atoms with E-state index in [1.807, 2.05) is 0 Å². The van der Waals surface area contributed by atoms with Gasteiger partial charge in [-0.1, -0.05) is 53.0 Å². The summed E-state index contributed by atoms with van der Waals surface area (Å²) in [5.41, 5.74) is 0.651. The van der Waals surface area contributed by atoms with Crippen molar-refractivity contribution < 1.29 is 19.4 Å². The van der Waals surface area contributed by atoms with Crippen molar-refractivity contribution in [1.29, 1.82) is 0 Å². The largest absolute Gasteiger partial charge is 0.478 e. The Morgan fingerprint density at radius 3 is 1.88 bits per heavy atom. The van der Waals surface area contributed by atoms with Crippen molar-refractivity contribution in [2.45, 2.75) is 0 Å². The van der Waals surface area contributed by atoms with Crippen LogP contribution in [0.25, 0.3) is 6.08 Å². The maximum atomic E-state index is 10.4. The zero-order chi connectivity index (χ0) is 17.3. The lowest BCUT2D eigenvalue weighted by atomic mass is 10.1. The van der Waals surface area contributed by atoms with Gasteiger partial charge in [0.25, 0.3) is 0 Å². The van der Waals surface area contributed by atoms with E-state index in [0.717, 1.165) is 6.08 Å². The lowest BCUT2D eigenvalue weighted by molar-refractivity contribution is -0.131. The number of fused-ring (bicyclic) bond motifs is 2. The molecule has 0 saturated carbocycles. The third-order valence-corrected chi connectivity index (χ3v) is 4.16. The van der Waals surface area contributed by atoms with Crippen LogP contribution in [0.1, 0.15) is 5.56 Å². The number of benzene rings is 2. The molecule has 1 heterocycles. The normalized spacial score (nSPS) is 12.6. The topological polar surface area (TPSA) is 55.8 Å². The van der Waals surface area contributed by atoms with Crippen LogP contribution in [0, 0.1) is 0 Å². The zero-order valence-electron chi connectivity index (χ0n) is 11.9. The molecule has 7 heteroatoms. The van der Waals surface area contributed by atoms with Crippen LogP contribution in [0.5, 0.6) is 23.0 Å². The van der Waals surface area contributed by atoms with Gasteiger partial charge in [-0.05, 0) is 11.6 Å². The molecular weight excluding hydrogens is 375 g/mol. The van der Waals surface area contributed by atoms with Crippen molar-refractivity contribution in [1.82, 2.24) is 0 Å². The molecule has 2 aromatic rings. The number of halogens is 3. The van der Waals surface area contributed by atoms with Crippen LogP contribution in [0.2, 0.25) is 15.1 Å². The Labute approximate surface area is 152 Å². The quantitative estimate of drug-likeness (QED) is 0.432. The summed E-state index contributed by atoms with van der Waals surface area (Å²) in [6.45, 7) is 0. The molecule has 0 spiro atoms. The summed E-state index contributed by atoms with van der Waals surface area (Å²) in [5.74, 6) is 0.775. The average molecular weight is 384 g/mol. The Hall–Kier alpha value is -2.14. The first kappa shape index (κ1) is 16.7. The standard InChI is InChI=1S/C17H9Cl3O4/c18-10-6-14-13(5-9(10)3-1-2-4-17(21)22)23-15-7-11(19)12(20)8-16(15)24-14/h1-8H,(H,21,22)/b3-1+,4-2+. The molecule has 0 amide bonds. The number of carbonyl (C=O) groups is 1. The summed E-state index contributed by atoms with van der Waals surface area (Å²) in [6.07, 6.45) is 5.64. The van der Waals surface area contributed by atoms with Gasteiger partial charge in [0.05, 0.1) is 15.1 Å². The minimum absolute atomic E-state index is 0.357. The molecule has 0 radical (unpaired) electrons. The molecule has 4 nitrogen and oxygen atoms in total. The number of allylic oxidation sites excluding steroid dienone is 2. The van der Waals surface area contributed by atoms with Crippen molar-refractivity contribution in [2.24, 2.45) is 0 Å². The van der Waals surface area contributed by atoms with Crippen LogP contribution in [0.15, 0.2) is 42.5 Å². The summed E-state index contributed by atoms with van der Waals surface area (Å²) in [4.78, 5) is 10.4. The third-order valence-electron chi connectivity index (χ3n) is 3.12. The predicted octanol–water partition coefficient (Wildman–Crippen LogP) is 6.20. The fraction of sp³-hybridized carbons (Fsp3) is 0. The average Bonchev–Trinajstić information content (AvgIpc) is 2.51. The monoisotopic (exact) mass is 382 g/mol. The fourth-order valence-corrected chi connectivity index (χ4v) is 2.57. The van der Waals surface area contributed by atoms with Crippen molar-refractivity contribution >= 4 is 46.8 Å². The van der Waals surface area contributed by atoms with E-state index in [1.165, 1.54) is 6.08 Å². The van der Waals surface area contributed by atoms with Gasteiger partial charge >= 0.3 is 5.97 Å². The van der Waals surface area contributed by atoms with E-state index >= 15 is 0 Å². The van der Waals surface area contributed by atoms with Crippen LogP contribution in [0.4, 0.5) is 0 Å². The molecule has 1 N–H and O–H groups in total. The number of aliphatic carboxylic acids is 1. The van der Waals surface area contributed by atoms with Gasteiger partial charge in [0.2, 0.25) is 0 Å². The van der Waals surface area contributed by atoms with Crippen molar-refractivity contribution in [3.8, 4) is 23.0 Å². The number of carboxylic acids is 1. The molecule has 0 fully saturated rings. The van der Waals surface area contributed by atoms with E-state index in [9.17, 15) is 4.79 Å². The van der Waals surface area contributed by atoms with E-state index in [0.29, 0.717) is 43.6 Å². The highest BCUT2D eigenvalue weighted by molar-refractivity contribution is 6.42. The second-order valence-corrected chi connectivity index (χ2v) is 6.02. The van der Waals surface area contributed by atoms with Crippen LogP contribution in [0.3, 0.4) is 0 Å². The Morgan fingerprint density at radius 2 is 1.33 bits per heavy atom. The van der Waals surface area contributed by atoms with E-state index in [2.05, 4.69) is 0 Å². The second kappa shape index (κ2) is 6.77. The third kappa shape index (κ3) is 3.51. The highest BCUT2D eigenvalue weighted by Gasteiger charge is 2.21. The number of hydrogen-bond acceptors (Lipinski definition) is 3. The molecule has 0 bridgehead atoms. The minimum atomic E-state index is -1.03. The summed E-state index contributed by atoms with van der Waals surface area (Å²) >= 11 is 18.2. The second-order valence-electron chi connectivity index (χ2n) is 4.79. The first-order valence-corrected chi connectivity index (χ1v) is 7.83. The van der Waals surface area contributed by atoms with Gasteiger partial charge in [-0.3, -0.25) is 0 Å². The summed E-state index contributed by atoms with van der Waals surface area (Å²) in [6, 6.07) is 6.44. The predicted molar refractivity (Wildman–Crippen MR) is 93.9 cm³/mol. The van der Waals surface area contributed by atoms with Gasteiger partial charge < -0.3 is 14.6 Å². The molecule has 1 aliphatic rings. The SMILES string of the molecule is O=C(O)/C=C/C=C/c1cc2c(cc1Cl)Oc1cc(Cl)c(Cl)cc1O2. The first-order valence-electron chi connectivity index (χ1n) is 6.70. The van der Waals surface area contributed by atoms with Gasteiger partial charge in [-0.15, -0.1) is 0 Å². The highest BCUT2D eigenvalue weighted by atomic mass is 35.5. The summed E-state index contributed by atoms with van der Waals surface area (Å²) < 4.78 is 11.5. The molecule has 0 aliphatic carbocycles. The van der Waals surface area contributed by atoms with Crippen molar-refractivity contribution in [3.63, 3.8) is 0 Å². The molecule has 24 heavy (non-hydrogen) atoms. The van der Waals surface area contributed by atoms with Crippen molar-refractivity contribution in [3.05, 3.63) is 63.1 Å². The highest BCUT2D eigenvalue weighted by Crippen LogP contribution is 2.49. The lowest BCUT2D eigenvalue weighted by Gasteiger charge is -2.21. The Kier molecular flexibility index (Phi) is 4.71. The molecule has 1 aliphatic heterocycles. The zero-order valence-corrected chi connectivity index (χ0v) is 14.2. The molecule has 2 aromatic carbocycles. The van der Waals surface area contributed by atoms with Crippen molar-refractivity contribution in [2.75, 3.05) is 0 Å². The van der Waals surface area contributed by atoms with Gasteiger partial charge in [-0.25, -0.2) is 4.79 Å². The number of carboxylic acid groups (broad SMARTS) is 1. The molecular formula is C17H9Cl3O4. The van der Waals surface area contributed by atoms with Crippen LogP contribution < -0.4 is 9.47 Å². The Balaban J connectivity index is 1.92. The summed E-state index contributed by atoms with van der Waals surface area (Å²) in [7, 11) is 0. The lowest BCUT2D eigenvalue weighted by Crippen LogP contribution is -1.99. The molecule has 0 unspecified atom stereocenters. The maximum Gasteiger partial charge on any atom is 0.328 e. The minimum Gasteiger partial charge on any atom is -0.478 e. The van der Waals surface area contributed by atoms with E-state index < -0.39 is 5.97 Å². The Bertz CT molecular complexity index is 888. The molecule has 3 rings (SSSR count). The van der Waals surface area contributed by atoms with Crippen LogP contribution in [-0.4, -0.2) is 11.1 Å². The molecule has 0 atom stereocenters. The Morgan fingerprint density at radius 1 is 0.833 bits per heavy atom. The maximum absolute atomic E-state index is 10.4. The van der Waals surface area contributed by atoms with Gasteiger partial charge in [0.1, 0.15) is 0 Å². The molecule has 122 valence electrons.